The van der Waals surface area contributed by atoms with Crippen LogP contribution in [-0.2, 0) is 6.42 Å². The van der Waals surface area contributed by atoms with E-state index in [2.05, 4.69) is 10.3 Å². The summed E-state index contributed by atoms with van der Waals surface area (Å²) in [4.78, 5) is 4.13. The summed E-state index contributed by atoms with van der Waals surface area (Å²) < 4.78 is 0. The van der Waals surface area contributed by atoms with Crippen LogP contribution in [0.25, 0.3) is 0 Å². The minimum atomic E-state index is -0.113. The lowest BCUT2D eigenvalue weighted by atomic mass is 10.1. The standard InChI is InChI=1S/C14H18N4O/c15-12-6-7-13(18-14(12)16)17-11(9-19)8-10-4-2-1-3-5-10/h1-7,11,19H,8-9,15H2,(H3,16,17,18). The van der Waals surface area contributed by atoms with Crippen molar-refractivity contribution in [1.82, 2.24) is 4.98 Å². The number of aromatic nitrogens is 1. The molecule has 0 fully saturated rings. The molecule has 1 unspecified atom stereocenters. The lowest BCUT2D eigenvalue weighted by molar-refractivity contribution is 0.273. The van der Waals surface area contributed by atoms with Crippen molar-refractivity contribution in [3.63, 3.8) is 0 Å². The molecule has 1 aromatic carbocycles. The van der Waals surface area contributed by atoms with Crippen molar-refractivity contribution in [1.29, 1.82) is 0 Å². The summed E-state index contributed by atoms with van der Waals surface area (Å²) in [5.41, 5.74) is 12.9. The molecule has 5 heteroatoms. The van der Waals surface area contributed by atoms with Crippen molar-refractivity contribution in [2.45, 2.75) is 12.5 Å². The summed E-state index contributed by atoms with van der Waals surface area (Å²) in [6.45, 7) is 0.0147. The Hall–Kier alpha value is -2.27. The molecule has 19 heavy (non-hydrogen) atoms. The molecular weight excluding hydrogens is 240 g/mol. The average Bonchev–Trinajstić information content (AvgIpc) is 2.43. The number of nitrogens with two attached hydrogens (primary N) is 2. The summed E-state index contributed by atoms with van der Waals surface area (Å²) in [5.74, 6) is 0.906. The van der Waals surface area contributed by atoms with Gasteiger partial charge < -0.3 is 21.9 Å². The number of anilines is 3. The van der Waals surface area contributed by atoms with Crippen molar-refractivity contribution in [2.24, 2.45) is 0 Å². The van der Waals surface area contributed by atoms with E-state index in [1.165, 1.54) is 0 Å². The van der Waals surface area contributed by atoms with Crippen molar-refractivity contribution < 1.29 is 5.11 Å². The Morgan fingerprint density at radius 3 is 2.47 bits per heavy atom. The molecule has 0 bridgehead atoms. The molecule has 100 valence electrons. The molecule has 0 radical (unpaired) electrons. The van der Waals surface area contributed by atoms with Crippen LogP contribution in [0.1, 0.15) is 5.56 Å². The molecule has 0 aliphatic rings. The number of aliphatic hydroxyl groups is 1. The summed E-state index contributed by atoms with van der Waals surface area (Å²) in [5, 5.41) is 12.6. The van der Waals surface area contributed by atoms with E-state index in [4.69, 9.17) is 11.5 Å². The average molecular weight is 258 g/mol. The first kappa shape index (κ1) is 13.2. The monoisotopic (exact) mass is 258 g/mol. The van der Waals surface area contributed by atoms with Crippen LogP contribution in [0.15, 0.2) is 42.5 Å². The van der Waals surface area contributed by atoms with Crippen molar-refractivity contribution in [3.8, 4) is 0 Å². The Morgan fingerprint density at radius 2 is 1.84 bits per heavy atom. The second-order valence-corrected chi connectivity index (χ2v) is 4.38. The highest BCUT2D eigenvalue weighted by Gasteiger charge is 2.09. The number of benzene rings is 1. The van der Waals surface area contributed by atoms with Gasteiger partial charge in [-0.15, -0.1) is 0 Å². The molecule has 0 amide bonds. The van der Waals surface area contributed by atoms with Crippen LogP contribution >= 0.6 is 0 Å². The Bertz CT molecular complexity index is 530. The zero-order chi connectivity index (χ0) is 13.7. The van der Waals surface area contributed by atoms with Crippen LogP contribution < -0.4 is 16.8 Å². The lowest BCUT2D eigenvalue weighted by Crippen LogP contribution is -2.27. The molecule has 0 aliphatic carbocycles. The van der Waals surface area contributed by atoms with E-state index in [9.17, 15) is 5.11 Å². The number of rotatable bonds is 5. The largest absolute Gasteiger partial charge is 0.396 e. The fourth-order valence-electron chi connectivity index (χ4n) is 1.84. The van der Waals surface area contributed by atoms with E-state index in [-0.39, 0.29) is 12.6 Å². The summed E-state index contributed by atoms with van der Waals surface area (Å²) in [6, 6.07) is 13.3. The quantitative estimate of drug-likeness (QED) is 0.647. The zero-order valence-corrected chi connectivity index (χ0v) is 10.6. The van der Waals surface area contributed by atoms with Gasteiger partial charge in [0.2, 0.25) is 0 Å². The van der Waals surface area contributed by atoms with Crippen LogP contribution in [-0.4, -0.2) is 22.7 Å². The molecule has 0 spiro atoms. The predicted octanol–water partition coefficient (Wildman–Crippen LogP) is 1.26. The Labute approximate surface area is 112 Å². The number of hydrogen-bond donors (Lipinski definition) is 4. The van der Waals surface area contributed by atoms with Gasteiger partial charge in [0, 0.05) is 0 Å². The molecule has 2 rings (SSSR count). The maximum absolute atomic E-state index is 9.43. The number of nitrogens with zero attached hydrogens (tertiary/aromatic N) is 1. The fourth-order valence-corrected chi connectivity index (χ4v) is 1.84. The third-order valence-corrected chi connectivity index (χ3v) is 2.85. The van der Waals surface area contributed by atoms with Gasteiger partial charge in [0.15, 0.2) is 0 Å². The van der Waals surface area contributed by atoms with Crippen LogP contribution in [0, 0.1) is 0 Å². The van der Waals surface area contributed by atoms with E-state index < -0.39 is 0 Å². The highest BCUT2D eigenvalue weighted by molar-refractivity contribution is 5.61. The summed E-state index contributed by atoms with van der Waals surface area (Å²) in [6.07, 6.45) is 0.712. The highest BCUT2D eigenvalue weighted by atomic mass is 16.3. The van der Waals surface area contributed by atoms with Gasteiger partial charge in [-0.1, -0.05) is 30.3 Å². The molecule has 5 nitrogen and oxygen atoms in total. The maximum atomic E-state index is 9.43. The molecule has 0 saturated heterocycles. The minimum Gasteiger partial charge on any atom is -0.396 e. The van der Waals surface area contributed by atoms with E-state index in [0.29, 0.717) is 23.7 Å². The van der Waals surface area contributed by atoms with Crippen LogP contribution in [0.5, 0.6) is 0 Å². The highest BCUT2D eigenvalue weighted by Crippen LogP contribution is 2.16. The SMILES string of the molecule is Nc1ccc(NC(CO)Cc2ccccc2)nc1N. The van der Waals surface area contributed by atoms with Crippen LogP contribution in [0.4, 0.5) is 17.3 Å². The van der Waals surface area contributed by atoms with E-state index in [1.807, 2.05) is 30.3 Å². The lowest BCUT2D eigenvalue weighted by Gasteiger charge is -2.17. The van der Waals surface area contributed by atoms with E-state index in [1.54, 1.807) is 12.1 Å². The second kappa shape index (κ2) is 6.06. The number of hydrogen-bond acceptors (Lipinski definition) is 5. The number of nitrogens with one attached hydrogen (secondary N) is 1. The predicted molar refractivity (Wildman–Crippen MR) is 77.7 cm³/mol. The Morgan fingerprint density at radius 1 is 1.11 bits per heavy atom. The summed E-state index contributed by atoms with van der Waals surface area (Å²) >= 11 is 0. The van der Waals surface area contributed by atoms with Gasteiger partial charge in [-0.3, -0.25) is 0 Å². The first-order chi connectivity index (χ1) is 9.19. The fraction of sp³-hybridized carbons (Fsp3) is 0.214. The van der Waals surface area contributed by atoms with Crippen molar-refractivity contribution in [3.05, 3.63) is 48.0 Å². The second-order valence-electron chi connectivity index (χ2n) is 4.38. The van der Waals surface area contributed by atoms with Gasteiger partial charge >= 0.3 is 0 Å². The molecule has 1 aromatic heterocycles. The first-order valence-electron chi connectivity index (χ1n) is 6.12. The molecule has 2 aromatic rings. The zero-order valence-electron chi connectivity index (χ0n) is 10.6. The van der Waals surface area contributed by atoms with Crippen molar-refractivity contribution in [2.75, 3.05) is 23.4 Å². The Kier molecular flexibility index (Phi) is 4.20. The molecule has 1 heterocycles. The van der Waals surface area contributed by atoms with E-state index in [0.717, 1.165) is 5.56 Å². The summed E-state index contributed by atoms with van der Waals surface area (Å²) in [7, 11) is 0. The third kappa shape index (κ3) is 3.59. The van der Waals surface area contributed by atoms with Gasteiger partial charge in [-0.2, -0.15) is 0 Å². The maximum Gasteiger partial charge on any atom is 0.149 e. The minimum absolute atomic E-state index is 0.0147. The van der Waals surface area contributed by atoms with Gasteiger partial charge in [-0.05, 0) is 24.1 Å². The molecule has 0 saturated carbocycles. The first-order valence-corrected chi connectivity index (χ1v) is 6.12. The molecule has 6 N–H and O–H groups in total. The van der Waals surface area contributed by atoms with Gasteiger partial charge in [0.25, 0.3) is 0 Å². The van der Waals surface area contributed by atoms with E-state index >= 15 is 0 Å². The number of pyridine rings is 1. The van der Waals surface area contributed by atoms with Gasteiger partial charge in [0.1, 0.15) is 11.6 Å². The van der Waals surface area contributed by atoms with Gasteiger partial charge in [-0.25, -0.2) is 4.98 Å². The molecule has 1 atom stereocenters. The van der Waals surface area contributed by atoms with Crippen LogP contribution in [0.2, 0.25) is 0 Å². The van der Waals surface area contributed by atoms with Crippen molar-refractivity contribution >= 4 is 17.3 Å². The normalized spacial score (nSPS) is 12.1. The van der Waals surface area contributed by atoms with Crippen LogP contribution in [0.3, 0.4) is 0 Å². The molecule has 0 aliphatic heterocycles. The third-order valence-electron chi connectivity index (χ3n) is 2.85. The smallest absolute Gasteiger partial charge is 0.149 e. The topological polar surface area (TPSA) is 97.2 Å². The van der Waals surface area contributed by atoms with Gasteiger partial charge in [0.05, 0.1) is 18.3 Å². The molecular formula is C14H18N4O. The number of aliphatic hydroxyl groups excluding tert-OH is 1. The Balaban J connectivity index is 2.04. The number of nitrogen functional groups attached to an aromatic ring is 2.